The van der Waals surface area contributed by atoms with E-state index in [2.05, 4.69) is 39.6 Å². The molecule has 1 unspecified atom stereocenters. The van der Waals surface area contributed by atoms with Crippen LogP contribution in [0.4, 0.5) is 0 Å². The Labute approximate surface area is 178 Å². The second kappa shape index (κ2) is 10.7. The highest BCUT2D eigenvalue weighted by atomic mass is 16.5. The average molecular weight is 413 g/mol. The number of phenolic OH excluding ortho intramolecular Hbond substituents is 1. The van der Waals surface area contributed by atoms with Crippen molar-refractivity contribution in [3.8, 4) is 17.2 Å². The predicted molar refractivity (Wildman–Crippen MR) is 119 cm³/mol. The van der Waals surface area contributed by atoms with Gasteiger partial charge in [0.15, 0.2) is 5.96 Å². The molecule has 3 N–H and O–H groups in total. The Bertz CT molecular complexity index is 834. The molecule has 1 fully saturated rings. The van der Waals surface area contributed by atoms with Crippen molar-refractivity contribution in [1.29, 1.82) is 0 Å². The van der Waals surface area contributed by atoms with Gasteiger partial charge in [-0.3, -0.25) is 4.90 Å². The lowest BCUT2D eigenvalue weighted by Crippen LogP contribution is -2.44. The van der Waals surface area contributed by atoms with E-state index >= 15 is 0 Å². The fourth-order valence-corrected chi connectivity index (χ4v) is 3.65. The number of nitrogens with zero attached hydrogens (tertiary/aromatic N) is 2. The largest absolute Gasteiger partial charge is 0.508 e. The summed E-state index contributed by atoms with van der Waals surface area (Å²) in [4.78, 5) is 7.10. The standard InChI is InChI=1S/C23H32N4O3/c1-4-24-23(25-14-17-6-5-7-20(28)10-17)26-19-8-9-27(16-19)15-18-11-21(29-2)13-22(12-18)30-3/h5-7,10-13,19,28H,4,8-9,14-16H2,1-3H3,(H2,24,25,26). The van der Waals surface area contributed by atoms with E-state index in [0.29, 0.717) is 12.6 Å². The van der Waals surface area contributed by atoms with Gasteiger partial charge in [0.1, 0.15) is 17.2 Å². The Kier molecular flexibility index (Phi) is 7.79. The summed E-state index contributed by atoms with van der Waals surface area (Å²) in [6.45, 7) is 6.18. The van der Waals surface area contributed by atoms with E-state index in [9.17, 15) is 5.11 Å². The van der Waals surface area contributed by atoms with Crippen LogP contribution in [0.5, 0.6) is 17.2 Å². The van der Waals surface area contributed by atoms with Crippen LogP contribution in [0.25, 0.3) is 0 Å². The summed E-state index contributed by atoms with van der Waals surface area (Å²) >= 11 is 0. The van der Waals surface area contributed by atoms with Gasteiger partial charge in [0, 0.05) is 38.3 Å². The van der Waals surface area contributed by atoms with Crippen LogP contribution in [0.15, 0.2) is 47.5 Å². The number of guanidine groups is 1. The Hall–Kier alpha value is -2.93. The highest BCUT2D eigenvalue weighted by Gasteiger charge is 2.23. The van der Waals surface area contributed by atoms with Crippen LogP contribution in [-0.2, 0) is 13.1 Å². The highest BCUT2D eigenvalue weighted by Crippen LogP contribution is 2.24. The summed E-state index contributed by atoms with van der Waals surface area (Å²) in [7, 11) is 3.35. The molecule has 7 nitrogen and oxygen atoms in total. The number of hydrogen-bond acceptors (Lipinski definition) is 5. The van der Waals surface area contributed by atoms with Crippen molar-refractivity contribution in [3.05, 3.63) is 53.6 Å². The van der Waals surface area contributed by atoms with E-state index in [-0.39, 0.29) is 5.75 Å². The van der Waals surface area contributed by atoms with Crippen molar-refractivity contribution in [1.82, 2.24) is 15.5 Å². The van der Waals surface area contributed by atoms with E-state index in [1.54, 1.807) is 26.4 Å². The van der Waals surface area contributed by atoms with Crippen molar-refractivity contribution >= 4 is 5.96 Å². The summed E-state index contributed by atoms with van der Waals surface area (Å²) in [6.07, 6.45) is 1.05. The molecule has 162 valence electrons. The van der Waals surface area contributed by atoms with Crippen molar-refractivity contribution in [3.63, 3.8) is 0 Å². The lowest BCUT2D eigenvalue weighted by Gasteiger charge is -2.19. The first-order chi connectivity index (χ1) is 14.6. The summed E-state index contributed by atoms with van der Waals surface area (Å²) in [5.74, 6) is 2.69. The molecule has 1 heterocycles. The lowest BCUT2D eigenvalue weighted by molar-refractivity contribution is 0.321. The second-order valence-electron chi connectivity index (χ2n) is 7.45. The van der Waals surface area contributed by atoms with Gasteiger partial charge in [-0.2, -0.15) is 0 Å². The van der Waals surface area contributed by atoms with Crippen LogP contribution in [-0.4, -0.2) is 55.9 Å². The van der Waals surface area contributed by atoms with Gasteiger partial charge >= 0.3 is 0 Å². The molecule has 0 aromatic heterocycles. The first-order valence-corrected chi connectivity index (χ1v) is 10.4. The topological polar surface area (TPSA) is 78.4 Å². The van der Waals surface area contributed by atoms with Crippen LogP contribution < -0.4 is 20.1 Å². The van der Waals surface area contributed by atoms with Crippen molar-refractivity contribution in [2.75, 3.05) is 33.9 Å². The van der Waals surface area contributed by atoms with Crippen molar-refractivity contribution in [2.24, 2.45) is 4.99 Å². The molecular formula is C23H32N4O3. The molecule has 1 aliphatic heterocycles. The van der Waals surface area contributed by atoms with Crippen molar-refractivity contribution in [2.45, 2.75) is 32.5 Å². The number of hydrogen-bond donors (Lipinski definition) is 3. The van der Waals surface area contributed by atoms with Gasteiger partial charge in [0.25, 0.3) is 0 Å². The van der Waals surface area contributed by atoms with Gasteiger partial charge in [-0.25, -0.2) is 4.99 Å². The average Bonchev–Trinajstić information content (AvgIpc) is 3.18. The van der Waals surface area contributed by atoms with Gasteiger partial charge in [-0.1, -0.05) is 12.1 Å². The number of aromatic hydroxyl groups is 1. The molecule has 30 heavy (non-hydrogen) atoms. The maximum atomic E-state index is 9.63. The molecule has 2 aromatic carbocycles. The number of methoxy groups -OCH3 is 2. The number of phenols is 1. The van der Waals surface area contributed by atoms with Crippen LogP contribution in [0.2, 0.25) is 0 Å². The van der Waals surface area contributed by atoms with Gasteiger partial charge < -0.3 is 25.2 Å². The minimum atomic E-state index is 0.265. The molecule has 0 bridgehead atoms. The first-order valence-electron chi connectivity index (χ1n) is 10.4. The highest BCUT2D eigenvalue weighted by molar-refractivity contribution is 5.80. The van der Waals surface area contributed by atoms with E-state index in [1.807, 2.05) is 18.2 Å². The van der Waals surface area contributed by atoms with Gasteiger partial charge in [0.05, 0.1) is 20.8 Å². The summed E-state index contributed by atoms with van der Waals surface area (Å²) < 4.78 is 10.8. The molecule has 3 rings (SSSR count). The molecule has 1 saturated heterocycles. The number of nitrogens with one attached hydrogen (secondary N) is 2. The van der Waals surface area contributed by atoms with E-state index in [1.165, 1.54) is 5.56 Å². The molecule has 0 aliphatic carbocycles. The Balaban J connectivity index is 1.57. The van der Waals surface area contributed by atoms with Gasteiger partial charge in [-0.15, -0.1) is 0 Å². The zero-order chi connectivity index (χ0) is 21.3. The van der Waals surface area contributed by atoms with Crippen LogP contribution in [0.3, 0.4) is 0 Å². The maximum absolute atomic E-state index is 9.63. The van der Waals surface area contributed by atoms with E-state index < -0.39 is 0 Å². The van der Waals surface area contributed by atoms with Crippen LogP contribution >= 0.6 is 0 Å². The Morgan fingerprint density at radius 3 is 2.57 bits per heavy atom. The maximum Gasteiger partial charge on any atom is 0.191 e. The molecule has 0 spiro atoms. The minimum Gasteiger partial charge on any atom is -0.508 e. The molecule has 2 aromatic rings. The predicted octanol–water partition coefficient (Wildman–Crippen LogP) is 2.74. The van der Waals surface area contributed by atoms with E-state index in [4.69, 9.17) is 9.47 Å². The number of benzene rings is 2. The molecule has 0 amide bonds. The smallest absolute Gasteiger partial charge is 0.191 e. The summed E-state index contributed by atoms with van der Waals surface area (Å²) in [5.41, 5.74) is 2.16. The molecule has 1 atom stereocenters. The zero-order valence-corrected chi connectivity index (χ0v) is 18.0. The van der Waals surface area contributed by atoms with Gasteiger partial charge in [-0.05, 0) is 48.7 Å². The quantitative estimate of drug-likeness (QED) is 0.457. The molecule has 7 heteroatoms. The number of aliphatic imine (C=N–C) groups is 1. The van der Waals surface area contributed by atoms with Crippen LogP contribution in [0.1, 0.15) is 24.5 Å². The molecule has 0 saturated carbocycles. The molecule has 1 aliphatic rings. The molecule has 0 radical (unpaired) electrons. The third-order valence-corrected chi connectivity index (χ3v) is 5.11. The number of likely N-dealkylation sites (tertiary alicyclic amines) is 1. The van der Waals surface area contributed by atoms with Crippen molar-refractivity contribution < 1.29 is 14.6 Å². The Morgan fingerprint density at radius 1 is 1.13 bits per heavy atom. The molecular weight excluding hydrogens is 380 g/mol. The fourth-order valence-electron chi connectivity index (χ4n) is 3.65. The third kappa shape index (κ3) is 6.29. The SMILES string of the molecule is CCNC(=NCc1cccc(O)c1)NC1CCN(Cc2cc(OC)cc(OC)c2)C1. The van der Waals surface area contributed by atoms with Crippen LogP contribution in [0, 0.1) is 0 Å². The van der Waals surface area contributed by atoms with E-state index in [0.717, 1.165) is 55.6 Å². The first kappa shape index (κ1) is 21.8. The Morgan fingerprint density at radius 2 is 1.90 bits per heavy atom. The summed E-state index contributed by atoms with van der Waals surface area (Å²) in [6, 6.07) is 13.6. The minimum absolute atomic E-state index is 0.265. The summed E-state index contributed by atoms with van der Waals surface area (Å²) in [5, 5.41) is 16.5. The number of ether oxygens (including phenoxy) is 2. The monoisotopic (exact) mass is 412 g/mol. The third-order valence-electron chi connectivity index (χ3n) is 5.11. The number of rotatable bonds is 8. The second-order valence-corrected chi connectivity index (χ2v) is 7.45. The zero-order valence-electron chi connectivity index (χ0n) is 18.0. The normalized spacial score (nSPS) is 17.0. The lowest BCUT2D eigenvalue weighted by atomic mass is 10.2. The van der Waals surface area contributed by atoms with Gasteiger partial charge in [0.2, 0.25) is 0 Å². The fraction of sp³-hybridized carbons (Fsp3) is 0.435.